The first-order valence-corrected chi connectivity index (χ1v) is 8.45. The van der Waals surface area contributed by atoms with E-state index in [-0.39, 0.29) is 19.1 Å². The largest absolute Gasteiger partial charge is 0.389 e. The fraction of sp³-hybridized carbons (Fsp3) is 0.588. The Labute approximate surface area is 142 Å². The van der Waals surface area contributed by atoms with E-state index in [1.54, 1.807) is 6.07 Å². The van der Waals surface area contributed by atoms with Gasteiger partial charge in [0.25, 0.3) is 0 Å². The zero-order valence-electron chi connectivity index (χ0n) is 13.3. The molecule has 0 aliphatic heterocycles. The van der Waals surface area contributed by atoms with Crippen LogP contribution in [-0.2, 0) is 16.1 Å². The highest BCUT2D eigenvalue weighted by Gasteiger charge is 2.37. The number of benzene rings is 1. The molecule has 23 heavy (non-hydrogen) atoms. The molecule has 1 aromatic carbocycles. The van der Waals surface area contributed by atoms with Crippen LogP contribution in [0.5, 0.6) is 0 Å². The second-order valence-electron chi connectivity index (χ2n) is 6.15. The van der Waals surface area contributed by atoms with Crippen LogP contribution in [0.1, 0.15) is 37.7 Å². The summed E-state index contributed by atoms with van der Waals surface area (Å²) in [7, 11) is 0. The number of rotatable bonds is 8. The molecule has 1 saturated carbocycles. The summed E-state index contributed by atoms with van der Waals surface area (Å²) in [4.78, 5) is 11.8. The van der Waals surface area contributed by atoms with Crippen molar-refractivity contribution in [2.75, 3.05) is 13.2 Å². The van der Waals surface area contributed by atoms with E-state index in [2.05, 4.69) is 5.32 Å². The Balaban J connectivity index is 1.75. The molecule has 5 nitrogen and oxygen atoms in total. The zero-order valence-corrected chi connectivity index (χ0v) is 14.0. The van der Waals surface area contributed by atoms with E-state index in [9.17, 15) is 9.90 Å². The van der Waals surface area contributed by atoms with Crippen LogP contribution in [0.25, 0.3) is 0 Å². The van der Waals surface area contributed by atoms with E-state index >= 15 is 0 Å². The van der Waals surface area contributed by atoms with Crippen LogP contribution in [-0.4, -0.2) is 35.8 Å². The molecule has 0 radical (unpaired) electrons. The van der Waals surface area contributed by atoms with Crippen molar-refractivity contribution in [3.8, 4) is 0 Å². The van der Waals surface area contributed by atoms with Gasteiger partial charge in [-0.25, -0.2) is 0 Å². The van der Waals surface area contributed by atoms with Gasteiger partial charge in [-0.05, 0) is 24.5 Å². The van der Waals surface area contributed by atoms with E-state index in [4.69, 9.17) is 22.1 Å². The van der Waals surface area contributed by atoms with E-state index < -0.39 is 11.6 Å². The molecule has 0 saturated heterocycles. The van der Waals surface area contributed by atoms with Gasteiger partial charge in [0, 0.05) is 11.6 Å². The van der Waals surface area contributed by atoms with Crippen molar-refractivity contribution < 1.29 is 14.6 Å². The summed E-state index contributed by atoms with van der Waals surface area (Å²) < 4.78 is 5.50. The molecule has 0 spiro atoms. The number of nitrogens with two attached hydrogens (primary N) is 1. The van der Waals surface area contributed by atoms with Gasteiger partial charge in [0.1, 0.15) is 0 Å². The third kappa shape index (κ3) is 5.18. The Bertz CT molecular complexity index is 518. The number of amides is 1. The lowest BCUT2D eigenvalue weighted by Crippen LogP contribution is -2.58. The SMILES string of the molecule is NC(=O)C1(NCC(O)COCc2ccccc2Cl)CCCCC1. The number of β-amino-alcohol motifs (C(OH)–C–C–N with tert-alkyl or cyclic N) is 1. The van der Waals surface area contributed by atoms with Crippen molar-refractivity contribution in [2.45, 2.75) is 50.4 Å². The number of hydrogen-bond donors (Lipinski definition) is 3. The monoisotopic (exact) mass is 340 g/mol. The molecular weight excluding hydrogens is 316 g/mol. The smallest absolute Gasteiger partial charge is 0.237 e. The number of aliphatic hydroxyl groups is 1. The van der Waals surface area contributed by atoms with Crippen LogP contribution in [0.15, 0.2) is 24.3 Å². The summed E-state index contributed by atoms with van der Waals surface area (Å²) in [5, 5.41) is 13.9. The number of carbonyl (C=O) groups is 1. The maximum absolute atomic E-state index is 11.8. The van der Waals surface area contributed by atoms with Gasteiger partial charge in [-0.15, -0.1) is 0 Å². The predicted octanol–water partition coefficient (Wildman–Crippen LogP) is 2.00. The molecule has 0 aromatic heterocycles. The van der Waals surface area contributed by atoms with E-state index in [0.717, 1.165) is 37.7 Å². The van der Waals surface area contributed by atoms with Crippen molar-refractivity contribution in [1.29, 1.82) is 0 Å². The lowest BCUT2D eigenvalue weighted by molar-refractivity contribution is -0.126. The molecule has 0 bridgehead atoms. The van der Waals surface area contributed by atoms with Gasteiger partial charge < -0.3 is 20.9 Å². The van der Waals surface area contributed by atoms with Gasteiger partial charge in [0.2, 0.25) is 5.91 Å². The number of nitrogens with one attached hydrogen (secondary N) is 1. The first kappa shape index (κ1) is 18.2. The zero-order chi connectivity index (χ0) is 16.7. The quantitative estimate of drug-likeness (QED) is 0.675. The van der Waals surface area contributed by atoms with Gasteiger partial charge in [0.05, 0.1) is 24.9 Å². The Hall–Kier alpha value is -1.14. The first-order chi connectivity index (χ1) is 11.0. The molecule has 1 aliphatic carbocycles. The first-order valence-electron chi connectivity index (χ1n) is 8.08. The third-order valence-electron chi connectivity index (χ3n) is 4.38. The summed E-state index contributed by atoms with van der Waals surface area (Å²) in [5.74, 6) is -0.332. The summed E-state index contributed by atoms with van der Waals surface area (Å²) in [6, 6.07) is 7.44. The number of hydrogen-bond acceptors (Lipinski definition) is 4. The normalized spacial score (nSPS) is 18.5. The van der Waals surface area contributed by atoms with Crippen LogP contribution >= 0.6 is 11.6 Å². The van der Waals surface area contributed by atoms with E-state index in [1.807, 2.05) is 18.2 Å². The number of halogens is 1. The van der Waals surface area contributed by atoms with Gasteiger partial charge in [0.15, 0.2) is 0 Å². The molecule has 1 atom stereocenters. The minimum Gasteiger partial charge on any atom is -0.389 e. The van der Waals surface area contributed by atoms with Crippen LogP contribution in [0.2, 0.25) is 5.02 Å². The summed E-state index contributed by atoms with van der Waals surface area (Å²) in [5.41, 5.74) is 5.76. The second-order valence-corrected chi connectivity index (χ2v) is 6.56. The highest BCUT2D eigenvalue weighted by atomic mass is 35.5. The molecule has 6 heteroatoms. The van der Waals surface area contributed by atoms with Gasteiger partial charge in [-0.2, -0.15) is 0 Å². The molecule has 1 fully saturated rings. The lowest BCUT2D eigenvalue weighted by atomic mass is 9.81. The molecule has 1 amide bonds. The van der Waals surface area contributed by atoms with Gasteiger partial charge >= 0.3 is 0 Å². The molecular formula is C17H25ClN2O3. The maximum atomic E-state index is 11.8. The third-order valence-corrected chi connectivity index (χ3v) is 4.75. The number of aliphatic hydroxyl groups excluding tert-OH is 1. The average molecular weight is 341 g/mol. The fourth-order valence-corrected chi connectivity index (χ4v) is 3.15. The number of ether oxygens (including phenoxy) is 1. The van der Waals surface area contributed by atoms with E-state index in [0.29, 0.717) is 11.6 Å². The molecule has 0 heterocycles. The van der Waals surface area contributed by atoms with Gasteiger partial charge in [-0.3, -0.25) is 4.79 Å². The highest BCUT2D eigenvalue weighted by Crippen LogP contribution is 2.27. The van der Waals surface area contributed by atoms with Crippen molar-refractivity contribution in [1.82, 2.24) is 5.32 Å². The van der Waals surface area contributed by atoms with Crippen molar-refractivity contribution in [3.63, 3.8) is 0 Å². The van der Waals surface area contributed by atoms with Crippen molar-refractivity contribution >= 4 is 17.5 Å². The molecule has 1 aromatic rings. The van der Waals surface area contributed by atoms with Crippen LogP contribution in [0, 0.1) is 0 Å². The van der Waals surface area contributed by atoms with Crippen molar-refractivity contribution in [3.05, 3.63) is 34.9 Å². The fourth-order valence-electron chi connectivity index (χ4n) is 2.96. The number of carbonyl (C=O) groups excluding carboxylic acids is 1. The summed E-state index contributed by atoms with van der Waals surface area (Å²) in [6.07, 6.45) is 3.85. The summed E-state index contributed by atoms with van der Waals surface area (Å²) >= 11 is 6.05. The number of primary amides is 1. The molecule has 1 aliphatic rings. The Morgan fingerprint density at radius 2 is 2.04 bits per heavy atom. The predicted molar refractivity (Wildman–Crippen MR) is 90.1 cm³/mol. The Kier molecular flexibility index (Phi) is 6.84. The summed E-state index contributed by atoms with van der Waals surface area (Å²) in [6.45, 7) is 0.802. The molecule has 2 rings (SSSR count). The van der Waals surface area contributed by atoms with Crippen LogP contribution in [0.3, 0.4) is 0 Å². The molecule has 128 valence electrons. The maximum Gasteiger partial charge on any atom is 0.237 e. The topological polar surface area (TPSA) is 84.6 Å². The Morgan fingerprint density at radius 3 is 2.70 bits per heavy atom. The van der Waals surface area contributed by atoms with Crippen molar-refractivity contribution in [2.24, 2.45) is 5.73 Å². The minimum absolute atomic E-state index is 0.174. The van der Waals surface area contributed by atoms with Gasteiger partial charge in [-0.1, -0.05) is 49.1 Å². The lowest BCUT2D eigenvalue weighted by Gasteiger charge is -2.36. The standard InChI is InChI=1S/C17H25ClN2O3/c18-15-7-3-2-6-13(15)11-23-12-14(21)10-20-17(16(19)22)8-4-1-5-9-17/h2-3,6-7,14,20-21H,1,4-5,8-12H2,(H2,19,22). The minimum atomic E-state index is -0.698. The molecule has 4 N–H and O–H groups in total. The Morgan fingerprint density at radius 1 is 1.35 bits per heavy atom. The average Bonchev–Trinajstić information content (AvgIpc) is 2.55. The molecule has 1 unspecified atom stereocenters. The van der Waals surface area contributed by atoms with E-state index in [1.165, 1.54) is 0 Å². The second kappa shape index (κ2) is 8.64. The van der Waals surface area contributed by atoms with Crippen LogP contribution < -0.4 is 11.1 Å². The van der Waals surface area contributed by atoms with Crippen LogP contribution in [0.4, 0.5) is 0 Å². The highest BCUT2D eigenvalue weighted by molar-refractivity contribution is 6.31.